The molecule has 0 saturated carbocycles. The van der Waals surface area contributed by atoms with Gasteiger partial charge in [0.2, 0.25) is 0 Å². The lowest BCUT2D eigenvalue weighted by atomic mass is 9.77. The van der Waals surface area contributed by atoms with Crippen molar-refractivity contribution in [1.82, 2.24) is 0 Å². The SMILES string of the molecule is CCN(CC)c1ccc(C2(c3cc(Nc4ccc(C)cc4C)c(C)cc3C)OC(=O)c3c#cccc32)c(O)c1. The van der Waals surface area contributed by atoms with Crippen LogP contribution in [0, 0.1) is 39.8 Å². The Kier molecular flexibility index (Phi) is 6.74. The first kappa shape index (κ1) is 26.2. The smallest absolute Gasteiger partial charge is 0.348 e. The quantitative estimate of drug-likeness (QED) is 0.252. The maximum atomic E-state index is 13.3. The number of fused-ring (bicyclic) bond motifs is 1. The third-order valence-corrected chi connectivity index (χ3v) is 7.72. The number of phenolic OH excluding ortho intramolecular Hbond substituents is 1. The van der Waals surface area contributed by atoms with Crippen LogP contribution in [0.4, 0.5) is 17.1 Å². The Balaban J connectivity index is 1.74. The van der Waals surface area contributed by atoms with Gasteiger partial charge in [0.05, 0.1) is 0 Å². The number of carbonyl (C=O) groups is 1. The Hall–Kier alpha value is -4.43. The van der Waals surface area contributed by atoms with E-state index < -0.39 is 11.6 Å². The summed E-state index contributed by atoms with van der Waals surface area (Å²) < 4.78 is 6.30. The summed E-state index contributed by atoms with van der Waals surface area (Å²) in [6.07, 6.45) is 0. The molecule has 1 aliphatic rings. The molecule has 5 rings (SSSR count). The monoisotopic (exact) mass is 518 g/mol. The van der Waals surface area contributed by atoms with Gasteiger partial charge in [-0.2, -0.15) is 0 Å². The van der Waals surface area contributed by atoms with Crippen LogP contribution in [0.25, 0.3) is 0 Å². The van der Waals surface area contributed by atoms with Crippen molar-refractivity contribution >= 4 is 23.0 Å². The van der Waals surface area contributed by atoms with Gasteiger partial charge in [-0.1, -0.05) is 35.9 Å². The van der Waals surface area contributed by atoms with Crippen molar-refractivity contribution in [2.45, 2.75) is 47.1 Å². The largest absolute Gasteiger partial charge is 0.507 e. The molecule has 1 unspecified atom stereocenters. The second-order valence-electron chi connectivity index (χ2n) is 10.3. The summed E-state index contributed by atoms with van der Waals surface area (Å²) in [7, 11) is 0. The molecule has 5 heteroatoms. The molecule has 4 aromatic carbocycles. The van der Waals surface area contributed by atoms with Crippen LogP contribution in [-0.2, 0) is 10.3 Å². The minimum atomic E-state index is -1.35. The molecule has 0 bridgehead atoms. The molecule has 0 radical (unpaired) electrons. The lowest BCUT2D eigenvalue weighted by molar-refractivity contribution is 0.0244. The first-order chi connectivity index (χ1) is 18.7. The van der Waals surface area contributed by atoms with E-state index in [0.29, 0.717) is 16.7 Å². The Morgan fingerprint density at radius 3 is 2.28 bits per heavy atom. The van der Waals surface area contributed by atoms with E-state index in [2.05, 4.69) is 81.2 Å². The van der Waals surface area contributed by atoms with Gasteiger partial charge in [0.15, 0.2) is 5.60 Å². The van der Waals surface area contributed by atoms with E-state index in [1.165, 1.54) is 5.56 Å². The summed E-state index contributed by atoms with van der Waals surface area (Å²) in [6, 6.07) is 25.5. The standard InChI is InChI=1S/C34H34N2O3/c1-7-36(8-2)25-14-15-28(32(37)19-25)34(27-12-10-9-11-26(27)33(38)39-34)29-20-31(24(6)18-22(29)4)35-30-16-13-21(3)17-23(30)5/h10,12-20,35,37H,7-8H2,1-6H3. The van der Waals surface area contributed by atoms with Crippen LogP contribution >= 0.6 is 0 Å². The number of phenols is 1. The molecule has 2 N–H and O–H groups in total. The van der Waals surface area contributed by atoms with Crippen molar-refractivity contribution < 1.29 is 14.6 Å². The van der Waals surface area contributed by atoms with Gasteiger partial charge in [-0.25, -0.2) is 4.79 Å². The molecule has 1 atom stereocenters. The molecular weight excluding hydrogens is 484 g/mol. The average Bonchev–Trinajstić information content (AvgIpc) is 3.20. The third kappa shape index (κ3) is 4.36. The number of anilines is 3. The molecule has 0 saturated heterocycles. The molecule has 0 spiro atoms. The number of hydrogen-bond acceptors (Lipinski definition) is 5. The maximum absolute atomic E-state index is 13.3. The van der Waals surface area contributed by atoms with E-state index in [1.807, 2.05) is 31.2 Å². The highest BCUT2D eigenvalue weighted by Gasteiger charge is 2.51. The van der Waals surface area contributed by atoms with Gasteiger partial charge < -0.3 is 20.1 Å². The molecule has 0 aliphatic carbocycles. The Morgan fingerprint density at radius 2 is 1.59 bits per heavy atom. The second-order valence-corrected chi connectivity index (χ2v) is 10.3. The van der Waals surface area contributed by atoms with Crippen LogP contribution < -0.4 is 10.2 Å². The maximum Gasteiger partial charge on any atom is 0.348 e. The van der Waals surface area contributed by atoms with Gasteiger partial charge in [0.25, 0.3) is 0 Å². The molecule has 5 nitrogen and oxygen atoms in total. The van der Waals surface area contributed by atoms with Crippen LogP contribution in [-0.4, -0.2) is 24.2 Å². The molecule has 1 heterocycles. The van der Waals surface area contributed by atoms with E-state index in [-0.39, 0.29) is 5.75 Å². The molecule has 1 aliphatic heterocycles. The molecule has 0 fully saturated rings. The van der Waals surface area contributed by atoms with Crippen LogP contribution in [0.15, 0.2) is 60.7 Å². The zero-order chi connectivity index (χ0) is 27.9. The molecule has 0 aromatic heterocycles. The Morgan fingerprint density at radius 1 is 0.846 bits per heavy atom. The lowest BCUT2D eigenvalue weighted by Gasteiger charge is -2.33. The number of carbonyl (C=O) groups excluding carboxylic acids is 1. The van der Waals surface area contributed by atoms with Crippen molar-refractivity contribution in [3.63, 3.8) is 0 Å². The normalized spacial score (nSPS) is 15.9. The first-order valence-corrected chi connectivity index (χ1v) is 13.4. The van der Waals surface area contributed by atoms with Crippen molar-refractivity contribution in [2.24, 2.45) is 0 Å². The highest BCUT2D eigenvalue weighted by Crippen LogP contribution is 2.51. The molecular formula is C34H34N2O3. The summed E-state index contributed by atoms with van der Waals surface area (Å²) >= 11 is 0. The second kappa shape index (κ2) is 10.0. The summed E-state index contributed by atoms with van der Waals surface area (Å²) in [5.41, 5.74) is 8.06. The highest BCUT2D eigenvalue weighted by atomic mass is 16.6. The van der Waals surface area contributed by atoms with Gasteiger partial charge in [0, 0.05) is 52.9 Å². The summed E-state index contributed by atoms with van der Waals surface area (Å²) in [5, 5.41) is 15.1. The fraction of sp³-hybridized carbons (Fsp3) is 0.265. The third-order valence-electron chi connectivity index (χ3n) is 7.72. The topological polar surface area (TPSA) is 61.8 Å². The molecule has 4 aromatic rings. The van der Waals surface area contributed by atoms with Crippen LogP contribution in [0.2, 0.25) is 0 Å². The Labute approximate surface area is 231 Å². The molecule has 198 valence electrons. The molecule has 0 amide bonds. The summed E-state index contributed by atoms with van der Waals surface area (Å²) in [6.45, 7) is 14.0. The van der Waals surface area contributed by atoms with Gasteiger partial charge in [-0.05, 0) is 94.6 Å². The fourth-order valence-electron chi connectivity index (χ4n) is 5.70. The zero-order valence-corrected chi connectivity index (χ0v) is 23.4. The highest BCUT2D eigenvalue weighted by molar-refractivity contribution is 5.96. The van der Waals surface area contributed by atoms with E-state index in [1.54, 1.807) is 12.1 Å². The number of benzene rings is 3. The number of nitrogens with zero attached hydrogens (tertiary/aromatic N) is 1. The molecule has 39 heavy (non-hydrogen) atoms. The lowest BCUT2D eigenvalue weighted by Crippen LogP contribution is -2.31. The Bertz CT molecular complexity index is 1570. The first-order valence-electron chi connectivity index (χ1n) is 13.4. The number of rotatable bonds is 7. The summed E-state index contributed by atoms with van der Waals surface area (Å²) in [5.74, 6) is -0.422. The zero-order valence-electron chi connectivity index (χ0n) is 23.4. The number of cyclic esters (lactones) is 1. The van der Waals surface area contributed by atoms with Crippen molar-refractivity contribution in [2.75, 3.05) is 23.3 Å². The van der Waals surface area contributed by atoms with E-state index in [0.717, 1.165) is 52.4 Å². The van der Waals surface area contributed by atoms with Crippen LogP contribution in [0.3, 0.4) is 0 Å². The summed E-state index contributed by atoms with van der Waals surface area (Å²) in [4.78, 5) is 15.4. The number of esters is 1. The minimum absolute atomic E-state index is 0.0664. The van der Waals surface area contributed by atoms with Crippen LogP contribution in [0.1, 0.15) is 63.1 Å². The minimum Gasteiger partial charge on any atom is -0.507 e. The van der Waals surface area contributed by atoms with Gasteiger partial charge in [0.1, 0.15) is 11.3 Å². The number of aromatic hydroxyl groups is 1. The fourth-order valence-corrected chi connectivity index (χ4v) is 5.70. The van der Waals surface area contributed by atoms with E-state index in [4.69, 9.17) is 4.74 Å². The number of hydrogen-bond donors (Lipinski definition) is 2. The van der Waals surface area contributed by atoms with Crippen molar-refractivity contribution in [3.05, 3.63) is 117 Å². The van der Waals surface area contributed by atoms with Gasteiger partial charge in [-0.15, -0.1) is 0 Å². The predicted molar refractivity (Wildman–Crippen MR) is 156 cm³/mol. The average molecular weight is 519 g/mol. The number of ether oxygens (including phenoxy) is 1. The van der Waals surface area contributed by atoms with E-state index >= 15 is 0 Å². The van der Waals surface area contributed by atoms with Crippen molar-refractivity contribution in [3.8, 4) is 5.75 Å². The van der Waals surface area contributed by atoms with Crippen molar-refractivity contribution in [1.29, 1.82) is 0 Å². The predicted octanol–water partition coefficient (Wildman–Crippen LogP) is 7.28. The van der Waals surface area contributed by atoms with E-state index in [9.17, 15) is 9.90 Å². The van der Waals surface area contributed by atoms with Crippen LogP contribution in [0.5, 0.6) is 5.75 Å². The number of aryl methyl sites for hydroxylation is 4. The number of nitrogens with one attached hydrogen (secondary N) is 1. The van der Waals surface area contributed by atoms with Gasteiger partial charge >= 0.3 is 5.97 Å². The van der Waals surface area contributed by atoms with Gasteiger partial charge in [-0.3, -0.25) is 0 Å².